The molecule has 2 aliphatic carbocycles. The Balaban J connectivity index is 1.45. The first-order chi connectivity index (χ1) is 13.5. The Morgan fingerprint density at radius 1 is 1.07 bits per heavy atom. The second kappa shape index (κ2) is 6.58. The smallest absolute Gasteiger partial charge is 0.255 e. The zero-order chi connectivity index (χ0) is 19.6. The van der Waals surface area contributed by atoms with Crippen molar-refractivity contribution >= 4 is 35.0 Å². The van der Waals surface area contributed by atoms with Gasteiger partial charge in [-0.1, -0.05) is 18.5 Å². The fraction of sp³-hybridized carbons (Fsp3) is 0.591. The number of fused-ring (bicyclic) bond motifs is 5. The highest BCUT2D eigenvalue weighted by Crippen LogP contribution is 2.56. The Morgan fingerprint density at radius 2 is 1.75 bits per heavy atom. The van der Waals surface area contributed by atoms with Crippen LogP contribution in [0.3, 0.4) is 0 Å². The highest BCUT2D eigenvalue weighted by Gasteiger charge is 2.61. The van der Waals surface area contributed by atoms with Crippen LogP contribution in [0.25, 0.3) is 0 Å². The first kappa shape index (κ1) is 18.2. The van der Waals surface area contributed by atoms with Gasteiger partial charge in [-0.05, 0) is 68.1 Å². The molecule has 2 bridgehead atoms. The molecule has 2 aliphatic heterocycles. The third kappa shape index (κ3) is 2.62. The molecule has 0 aromatic heterocycles. The number of piperidine rings is 1. The number of likely N-dealkylation sites (tertiary alicyclic amines) is 1. The summed E-state index contributed by atoms with van der Waals surface area (Å²) in [5.41, 5.74) is 0.871. The summed E-state index contributed by atoms with van der Waals surface area (Å²) in [5.74, 6) is 0.547. The van der Waals surface area contributed by atoms with Gasteiger partial charge in [-0.2, -0.15) is 0 Å². The van der Waals surface area contributed by atoms with Crippen molar-refractivity contribution in [1.82, 2.24) is 4.90 Å². The Morgan fingerprint density at radius 3 is 2.39 bits per heavy atom. The second-order valence-electron chi connectivity index (χ2n) is 9.06. The average Bonchev–Trinajstić information content (AvgIpc) is 3.36. The molecule has 0 unspecified atom stereocenters. The summed E-state index contributed by atoms with van der Waals surface area (Å²) in [5, 5.41) is 0.367. The molecule has 2 heterocycles. The topological polar surface area (TPSA) is 57.7 Å². The molecule has 0 spiro atoms. The molecular formula is C22H25ClN2O3. The van der Waals surface area contributed by atoms with E-state index in [-0.39, 0.29) is 29.6 Å². The molecule has 5 nitrogen and oxygen atoms in total. The van der Waals surface area contributed by atoms with Crippen LogP contribution >= 0.6 is 11.6 Å². The lowest BCUT2D eigenvalue weighted by Crippen LogP contribution is -2.39. The van der Waals surface area contributed by atoms with Gasteiger partial charge in [-0.25, -0.2) is 0 Å². The lowest BCUT2D eigenvalue weighted by molar-refractivity contribution is -0.123. The van der Waals surface area contributed by atoms with Gasteiger partial charge in [0.15, 0.2) is 0 Å². The normalized spacial score (nSPS) is 34.3. The highest BCUT2D eigenvalue weighted by molar-refractivity contribution is 6.34. The predicted molar refractivity (Wildman–Crippen MR) is 106 cm³/mol. The fourth-order valence-electron chi connectivity index (χ4n) is 6.02. The number of anilines is 1. The zero-order valence-corrected chi connectivity index (χ0v) is 16.8. The van der Waals surface area contributed by atoms with E-state index in [0.717, 1.165) is 38.6 Å². The van der Waals surface area contributed by atoms with Crippen LogP contribution in [0.5, 0.6) is 0 Å². The van der Waals surface area contributed by atoms with Crippen molar-refractivity contribution < 1.29 is 14.4 Å². The SMILES string of the molecule is C[C@@H]1CCCN(C(=O)c2cc(N3C(=O)[C@H]4[C@H]5CC[C@@H](C5)[C@@H]4C3=O)ccc2Cl)C1. The highest BCUT2D eigenvalue weighted by atomic mass is 35.5. The summed E-state index contributed by atoms with van der Waals surface area (Å²) in [6, 6.07) is 4.97. The van der Waals surface area contributed by atoms with E-state index in [2.05, 4.69) is 6.92 Å². The van der Waals surface area contributed by atoms with Gasteiger partial charge in [0.25, 0.3) is 5.91 Å². The number of hydrogen-bond acceptors (Lipinski definition) is 3. The number of carbonyl (C=O) groups is 3. The third-order valence-corrected chi connectivity index (χ3v) is 7.64. The molecule has 0 N–H and O–H groups in total. The Bertz CT molecular complexity index is 841. The lowest BCUT2D eigenvalue weighted by Gasteiger charge is -2.31. The Labute approximate surface area is 170 Å². The molecule has 2 saturated carbocycles. The van der Waals surface area contributed by atoms with Crippen LogP contribution in [0.4, 0.5) is 5.69 Å². The van der Waals surface area contributed by atoms with Crippen molar-refractivity contribution in [2.24, 2.45) is 29.6 Å². The number of amides is 3. The van der Waals surface area contributed by atoms with Gasteiger partial charge in [0.2, 0.25) is 11.8 Å². The summed E-state index contributed by atoms with van der Waals surface area (Å²) in [6.45, 7) is 3.58. The van der Waals surface area contributed by atoms with E-state index < -0.39 is 0 Å². The molecule has 3 amide bonds. The van der Waals surface area contributed by atoms with Crippen LogP contribution in [-0.4, -0.2) is 35.7 Å². The number of rotatable bonds is 2. The van der Waals surface area contributed by atoms with Gasteiger partial charge in [0.05, 0.1) is 28.1 Å². The molecule has 0 radical (unpaired) electrons. The van der Waals surface area contributed by atoms with Crippen LogP contribution in [0, 0.1) is 29.6 Å². The van der Waals surface area contributed by atoms with E-state index in [1.165, 1.54) is 4.90 Å². The number of imide groups is 1. The fourth-order valence-corrected chi connectivity index (χ4v) is 6.22. The molecule has 5 rings (SSSR count). The van der Waals surface area contributed by atoms with Crippen LogP contribution in [0.15, 0.2) is 18.2 Å². The van der Waals surface area contributed by atoms with Crippen molar-refractivity contribution in [3.8, 4) is 0 Å². The molecular weight excluding hydrogens is 376 g/mol. The van der Waals surface area contributed by atoms with Gasteiger partial charge >= 0.3 is 0 Å². The van der Waals surface area contributed by atoms with E-state index in [9.17, 15) is 14.4 Å². The molecule has 148 valence electrons. The quantitative estimate of drug-likeness (QED) is 0.710. The van der Waals surface area contributed by atoms with Crippen molar-refractivity contribution in [2.45, 2.75) is 39.0 Å². The molecule has 28 heavy (non-hydrogen) atoms. The third-order valence-electron chi connectivity index (χ3n) is 7.31. The summed E-state index contributed by atoms with van der Waals surface area (Å²) in [6.07, 6.45) is 5.23. The van der Waals surface area contributed by atoms with Crippen LogP contribution < -0.4 is 4.90 Å². The van der Waals surface area contributed by atoms with Gasteiger partial charge in [-0.3, -0.25) is 19.3 Å². The van der Waals surface area contributed by atoms with Crippen molar-refractivity contribution in [3.63, 3.8) is 0 Å². The number of nitrogens with zero attached hydrogens (tertiary/aromatic N) is 2. The standard InChI is InChI=1S/C22H25ClN2O3/c1-12-3-2-8-24(11-12)20(26)16-10-15(6-7-17(16)23)25-21(27)18-13-4-5-14(9-13)19(18)22(25)28/h6-7,10,12-14,18-19H,2-5,8-9,11H2,1H3/t12-,13+,14+,18+,19+/m1/s1. The first-order valence-electron chi connectivity index (χ1n) is 10.4. The Kier molecular flexibility index (Phi) is 4.27. The zero-order valence-electron chi connectivity index (χ0n) is 16.1. The number of hydrogen-bond donors (Lipinski definition) is 0. The maximum absolute atomic E-state index is 13.1. The maximum atomic E-state index is 13.1. The van der Waals surface area contributed by atoms with Crippen molar-refractivity contribution in [3.05, 3.63) is 28.8 Å². The summed E-state index contributed by atoms with van der Waals surface area (Å²) >= 11 is 6.34. The lowest BCUT2D eigenvalue weighted by atomic mass is 9.81. The average molecular weight is 401 g/mol. The second-order valence-corrected chi connectivity index (χ2v) is 9.47. The van der Waals surface area contributed by atoms with Crippen LogP contribution in [0.1, 0.15) is 49.4 Å². The first-order valence-corrected chi connectivity index (χ1v) is 10.8. The van der Waals surface area contributed by atoms with Gasteiger partial charge in [0, 0.05) is 13.1 Å². The van der Waals surface area contributed by atoms with E-state index in [0.29, 0.717) is 40.6 Å². The molecule has 4 aliphatic rings. The molecule has 2 saturated heterocycles. The molecule has 5 atom stereocenters. The molecule has 4 fully saturated rings. The largest absolute Gasteiger partial charge is 0.338 e. The van der Waals surface area contributed by atoms with Crippen LogP contribution in [-0.2, 0) is 9.59 Å². The minimum Gasteiger partial charge on any atom is -0.338 e. The van der Waals surface area contributed by atoms with Gasteiger partial charge in [0.1, 0.15) is 0 Å². The molecule has 6 heteroatoms. The van der Waals surface area contributed by atoms with Crippen molar-refractivity contribution in [2.75, 3.05) is 18.0 Å². The Hall–Kier alpha value is -1.88. The predicted octanol–water partition coefficient (Wildman–Crippen LogP) is 3.75. The number of carbonyl (C=O) groups excluding carboxylic acids is 3. The maximum Gasteiger partial charge on any atom is 0.255 e. The van der Waals surface area contributed by atoms with Gasteiger partial charge in [-0.15, -0.1) is 0 Å². The monoisotopic (exact) mass is 400 g/mol. The van der Waals surface area contributed by atoms with Crippen LogP contribution in [0.2, 0.25) is 5.02 Å². The van der Waals surface area contributed by atoms with E-state index in [1.54, 1.807) is 18.2 Å². The number of benzene rings is 1. The van der Waals surface area contributed by atoms with Crippen molar-refractivity contribution in [1.29, 1.82) is 0 Å². The molecule has 1 aromatic rings. The summed E-state index contributed by atoms with van der Waals surface area (Å²) in [4.78, 5) is 42.4. The minimum atomic E-state index is -0.163. The number of halogens is 1. The van der Waals surface area contributed by atoms with Gasteiger partial charge < -0.3 is 4.90 Å². The summed E-state index contributed by atoms with van der Waals surface area (Å²) in [7, 11) is 0. The minimum absolute atomic E-state index is 0.0884. The van der Waals surface area contributed by atoms with E-state index >= 15 is 0 Å². The van der Waals surface area contributed by atoms with E-state index in [1.807, 2.05) is 4.90 Å². The summed E-state index contributed by atoms with van der Waals surface area (Å²) < 4.78 is 0. The van der Waals surface area contributed by atoms with E-state index in [4.69, 9.17) is 11.6 Å². The molecule has 1 aromatic carbocycles.